The summed E-state index contributed by atoms with van der Waals surface area (Å²) in [7, 11) is 0. The minimum absolute atomic E-state index is 0.286. The van der Waals surface area contributed by atoms with Crippen LogP contribution in [0.25, 0.3) is 0 Å². The lowest BCUT2D eigenvalue weighted by Gasteiger charge is -2.09. The summed E-state index contributed by atoms with van der Waals surface area (Å²) in [5, 5.41) is 3.04. The highest BCUT2D eigenvalue weighted by atomic mass is 19.1. The van der Waals surface area contributed by atoms with E-state index >= 15 is 0 Å². The maximum Gasteiger partial charge on any atom is 0.142 e. The molecular formula is C12H13FN4. The molecule has 0 aliphatic heterocycles. The van der Waals surface area contributed by atoms with Gasteiger partial charge in [-0.2, -0.15) is 0 Å². The van der Waals surface area contributed by atoms with Gasteiger partial charge in [0.2, 0.25) is 0 Å². The number of nitrogens with one attached hydrogen (secondary N) is 2. The molecule has 88 valence electrons. The van der Waals surface area contributed by atoms with Gasteiger partial charge in [0, 0.05) is 5.69 Å². The molecule has 0 saturated heterocycles. The summed E-state index contributed by atoms with van der Waals surface area (Å²) < 4.78 is 13.1. The van der Waals surface area contributed by atoms with Crippen molar-refractivity contribution in [3.05, 3.63) is 47.8 Å². The first-order chi connectivity index (χ1) is 8.19. The molecule has 4 nitrogen and oxygen atoms in total. The normalized spacial score (nSPS) is 10.1. The van der Waals surface area contributed by atoms with Gasteiger partial charge in [0.05, 0.1) is 0 Å². The van der Waals surface area contributed by atoms with E-state index < -0.39 is 0 Å². The van der Waals surface area contributed by atoms with Crippen LogP contribution < -0.4 is 16.6 Å². The molecule has 0 radical (unpaired) electrons. The van der Waals surface area contributed by atoms with E-state index in [-0.39, 0.29) is 5.82 Å². The number of hydrogen-bond acceptors (Lipinski definition) is 4. The van der Waals surface area contributed by atoms with E-state index in [4.69, 9.17) is 5.84 Å². The Morgan fingerprint density at radius 2 is 1.94 bits per heavy atom. The zero-order chi connectivity index (χ0) is 12.3. The number of aryl methyl sites for hydroxylation is 1. The highest BCUT2D eigenvalue weighted by molar-refractivity contribution is 5.61. The molecule has 0 atom stereocenters. The number of hydrazine groups is 1. The average Bonchev–Trinajstić information content (AvgIpc) is 2.34. The van der Waals surface area contributed by atoms with Crippen molar-refractivity contribution >= 4 is 17.3 Å². The fourth-order valence-electron chi connectivity index (χ4n) is 1.45. The summed E-state index contributed by atoms with van der Waals surface area (Å²) in [6, 6.07) is 9.89. The molecule has 4 N–H and O–H groups in total. The van der Waals surface area contributed by atoms with Crippen molar-refractivity contribution in [3.8, 4) is 0 Å². The average molecular weight is 232 g/mol. The van der Waals surface area contributed by atoms with E-state index in [1.807, 2.05) is 6.92 Å². The van der Waals surface area contributed by atoms with Gasteiger partial charge in [-0.3, -0.25) is 0 Å². The lowest BCUT2D eigenvalue weighted by Crippen LogP contribution is -2.09. The Labute approximate surface area is 98.6 Å². The Bertz CT molecular complexity index is 528. The number of aromatic nitrogens is 1. The molecular weight excluding hydrogens is 219 g/mol. The van der Waals surface area contributed by atoms with Crippen molar-refractivity contribution in [1.29, 1.82) is 0 Å². The Morgan fingerprint density at radius 3 is 2.71 bits per heavy atom. The molecule has 0 unspecified atom stereocenters. The molecule has 5 heteroatoms. The second-order valence-corrected chi connectivity index (χ2v) is 3.64. The number of benzene rings is 1. The first kappa shape index (κ1) is 11.3. The third-order valence-corrected chi connectivity index (χ3v) is 2.36. The summed E-state index contributed by atoms with van der Waals surface area (Å²) in [5.41, 5.74) is 4.08. The Hall–Kier alpha value is -2.14. The summed E-state index contributed by atoms with van der Waals surface area (Å²) in [6.07, 6.45) is 0. The van der Waals surface area contributed by atoms with Gasteiger partial charge in [-0.25, -0.2) is 15.2 Å². The highest BCUT2D eigenvalue weighted by Crippen LogP contribution is 2.20. The van der Waals surface area contributed by atoms with Crippen molar-refractivity contribution in [2.24, 2.45) is 5.84 Å². The van der Waals surface area contributed by atoms with Crippen LogP contribution in [-0.2, 0) is 0 Å². The second kappa shape index (κ2) is 4.80. The molecule has 0 bridgehead atoms. The van der Waals surface area contributed by atoms with Crippen LogP contribution in [0.3, 0.4) is 0 Å². The van der Waals surface area contributed by atoms with Gasteiger partial charge in [0.1, 0.15) is 17.5 Å². The number of nitrogens with two attached hydrogens (primary N) is 1. The predicted molar refractivity (Wildman–Crippen MR) is 66.5 cm³/mol. The predicted octanol–water partition coefficient (Wildman–Crippen LogP) is 2.56. The first-order valence-corrected chi connectivity index (χ1v) is 5.16. The van der Waals surface area contributed by atoms with Gasteiger partial charge in [0.25, 0.3) is 0 Å². The van der Waals surface area contributed by atoms with Crippen molar-refractivity contribution in [1.82, 2.24) is 4.98 Å². The first-order valence-electron chi connectivity index (χ1n) is 5.16. The van der Waals surface area contributed by atoms with Crippen LogP contribution >= 0.6 is 0 Å². The summed E-state index contributed by atoms with van der Waals surface area (Å²) in [4.78, 5) is 4.19. The standard InChI is InChI=1S/C12H13FN4/c1-8-5-6-9(13)7-10(8)15-11-3-2-4-12(16-11)17-14/h2-7H,14H2,1H3,(H2,15,16,17). The van der Waals surface area contributed by atoms with E-state index in [1.165, 1.54) is 12.1 Å². The lowest BCUT2D eigenvalue weighted by molar-refractivity contribution is 0.628. The van der Waals surface area contributed by atoms with Crippen LogP contribution in [0, 0.1) is 12.7 Å². The van der Waals surface area contributed by atoms with Gasteiger partial charge < -0.3 is 10.7 Å². The van der Waals surface area contributed by atoms with E-state index in [9.17, 15) is 4.39 Å². The number of nitrogens with zero attached hydrogens (tertiary/aromatic N) is 1. The maximum atomic E-state index is 13.1. The molecule has 2 aromatic rings. The van der Waals surface area contributed by atoms with Gasteiger partial charge in [-0.05, 0) is 36.8 Å². The van der Waals surface area contributed by atoms with Gasteiger partial charge in [-0.15, -0.1) is 0 Å². The topological polar surface area (TPSA) is 63.0 Å². The molecule has 0 fully saturated rings. The van der Waals surface area contributed by atoms with Crippen molar-refractivity contribution in [3.63, 3.8) is 0 Å². The van der Waals surface area contributed by atoms with Gasteiger partial charge >= 0.3 is 0 Å². The summed E-state index contributed by atoms with van der Waals surface area (Å²) in [5.74, 6) is 6.13. The van der Waals surface area contributed by atoms with Crippen LogP contribution in [0.1, 0.15) is 5.56 Å². The minimum Gasteiger partial charge on any atom is -0.340 e. The third kappa shape index (κ3) is 2.70. The quantitative estimate of drug-likeness (QED) is 0.562. The Morgan fingerprint density at radius 1 is 1.18 bits per heavy atom. The lowest BCUT2D eigenvalue weighted by atomic mass is 10.2. The zero-order valence-electron chi connectivity index (χ0n) is 9.37. The SMILES string of the molecule is Cc1ccc(F)cc1Nc1cccc(NN)n1. The van der Waals surface area contributed by atoms with Gasteiger partial charge in [0.15, 0.2) is 0 Å². The fraction of sp³-hybridized carbons (Fsp3) is 0.0833. The molecule has 0 spiro atoms. The molecule has 2 rings (SSSR count). The van der Waals surface area contributed by atoms with Crippen molar-refractivity contribution in [2.75, 3.05) is 10.7 Å². The van der Waals surface area contributed by atoms with Crippen LogP contribution in [0.4, 0.5) is 21.7 Å². The Balaban J connectivity index is 2.27. The minimum atomic E-state index is -0.286. The monoisotopic (exact) mass is 232 g/mol. The van der Waals surface area contributed by atoms with E-state index in [0.717, 1.165) is 5.56 Å². The number of pyridine rings is 1. The van der Waals surface area contributed by atoms with Crippen LogP contribution in [0.15, 0.2) is 36.4 Å². The third-order valence-electron chi connectivity index (χ3n) is 2.36. The van der Waals surface area contributed by atoms with Crippen LogP contribution in [-0.4, -0.2) is 4.98 Å². The van der Waals surface area contributed by atoms with Gasteiger partial charge in [-0.1, -0.05) is 12.1 Å². The molecule has 1 aromatic carbocycles. The molecule has 0 saturated carbocycles. The van der Waals surface area contributed by atoms with Crippen LogP contribution in [0.5, 0.6) is 0 Å². The fourth-order valence-corrected chi connectivity index (χ4v) is 1.45. The highest BCUT2D eigenvalue weighted by Gasteiger charge is 2.02. The van der Waals surface area contributed by atoms with Crippen LogP contribution in [0.2, 0.25) is 0 Å². The number of rotatable bonds is 3. The molecule has 0 aliphatic carbocycles. The Kier molecular flexibility index (Phi) is 3.20. The summed E-state index contributed by atoms with van der Waals surface area (Å²) >= 11 is 0. The molecule has 1 heterocycles. The van der Waals surface area contributed by atoms with Crippen molar-refractivity contribution < 1.29 is 4.39 Å². The largest absolute Gasteiger partial charge is 0.340 e. The van der Waals surface area contributed by atoms with Crippen molar-refractivity contribution in [2.45, 2.75) is 6.92 Å². The molecule has 0 amide bonds. The molecule has 17 heavy (non-hydrogen) atoms. The zero-order valence-corrected chi connectivity index (χ0v) is 9.37. The molecule has 0 aliphatic rings. The van der Waals surface area contributed by atoms with E-state index in [0.29, 0.717) is 17.3 Å². The second-order valence-electron chi connectivity index (χ2n) is 3.64. The number of nitrogen functional groups attached to an aromatic ring is 1. The number of anilines is 3. The summed E-state index contributed by atoms with van der Waals surface area (Å²) in [6.45, 7) is 1.90. The number of hydrogen-bond donors (Lipinski definition) is 3. The smallest absolute Gasteiger partial charge is 0.142 e. The van der Waals surface area contributed by atoms with E-state index in [1.54, 1.807) is 24.3 Å². The number of halogens is 1. The molecule has 1 aromatic heterocycles. The van der Waals surface area contributed by atoms with E-state index in [2.05, 4.69) is 15.7 Å². The maximum absolute atomic E-state index is 13.1.